The Kier molecular flexibility index (Phi) is 3.75. The van der Waals surface area contributed by atoms with E-state index < -0.39 is 30.4 Å². The third-order valence-electron chi connectivity index (χ3n) is 0.952. The molecule has 6 nitrogen and oxygen atoms in total. The van der Waals surface area contributed by atoms with E-state index in [4.69, 9.17) is 10.2 Å². The Hall–Kier alpha value is -1.59. The number of aliphatic carboxylic acids is 2. The molecule has 0 rings (SSSR count). The summed E-state index contributed by atoms with van der Waals surface area (Å²) in [4.78, 5) is 30.5. The van der Waals surface area contributed by atoms with Crippen LogP contribution in [0.3, 0.4) is 0 Å². The Morgan fingerprint density at radius 3 is 2.17 bits per heavy atom. The molecule has 1 atom stereocenters. The molecule has 0 spiro atoms. The summed E-state index contributed by atoms with van der Waals surface area (Å²) in [5.74, 6) is -3.72. The van der Waals surface area contributed by atoms with Crippen molar-refractivity contribution in [2.75, 3.05) is 0 Å². The first kappa shape index (κ1) is 10.4. The van der Waals surface area contributed by atoms with E-state index in [1.165, 1.54) is 0 Å². The van der Waals surface area contributed by atoms with Gasteiger partial charge in [0.15, 0.2) is 6.10 Å². The molecule has 0 saturated carbocycles. The van der Waals surface area contributed by atoms with Crippen LogP contribution in [-0.2, 0) is 19.1 Å². The van der Waals surface area contributed by atoms with Crippen molar-refractivity contribution < 1.29 is 29.3 Å². The maximum absolute atomic E-state index is 10.5. The van der Waals surface area contributed by atoms with Crippen LogP contribution < -0.4 is 0 Å². The molecule has 0 radical (unpaired) electrons. The topological polar surface area (TPSA) is 101 Å². The minimum Gasteiger partial charge on any atom is -0.481 e. The van der Waals surface area contributed by atoms with Crippen molar-refractivity contribution >= 4 is 17.9 Å². The first-order chi connectivity index (χ1) is 5.43. The van der Waals surface area contributed by atoms with Crippen molar-refractivity contribution in [2.45, 2.75) is 19.4 Å². The van der Waals surface area contributed by atoms with Gasteiger partial charge in [-0.1, -0.05) is 0 Å². The quantitative estimate of drug-likeness (QED) is 0.441. The number of carboxylic acids is 2. The van der Waals surface area contributed by atoms with Crippen molar-refractivity contribution in [1.82, 2.24) is 0 Å². The Labute approximate surface area is 67.8 Å². The van der Waals surface area contributed by atoms with Crippen LogP contribution in [0.1, 0.15) is 13.3 Å². The molecule has 68 valence electrons. The average molecular weight is 176 g/mol. The number of carboxylic acid groups (broad SMARTS) is 2. The molecule has 12 heavy (non-hydrogen) atoms. The van der Waals surface area contributed by atoms with Gasteiger partial charge in [0, 0.05) is 0 Å². The smallest absolute Gasteiger partial charge is 0.344 e. The third kappa shape index (κ3) is 4.26. The van der Waals surface area contributed by atoms with E-state index in [1.807, 2.05) is 0 Å². The second-order valence-corrected chi connectivity index (χ2v) is 2.04. The van der Waals surface area contributed by atoms with Gasteiger partial charge in [0.2, 0.25) is 0 Å². The molecular formula is C6H8O6. The minimum atomic E-state index is -1.35. The zero-order valence-corrected chi connectivity index (χ0v) is 6.31. The number of ether oxygens (including phenoxy) is 1. The molecule has 0 aliphatic heterocycles. The van der Waals surface area contributed by atoms with Crippen LogP contribution in [0.4, 0.5) is 0 Å². The molecule has 6 heteroatoms. The number of carbonyl (C=O) groups excluding carboxylic acids is 1. The molecule has 0 aliphatic carbocycles. The summed E-state index contributed by atoms with van der Waals surface area (Å²) in [6, 6.07) is 0. The number of hydrogen-bond donors (Lipinski definition) is 2. The van der Waals surface area contributed by atoms with Crippen LogP contribution in [-0.4, -0.2) is 34.2 Å². The summed E-state index contributed by atoms with van der Waals surface area (Å²) >= 11 is 0. The van der Waals surface area contributed by atoms with Gasteiger partial charge in [0.05, 0.1) is 0 Å². The standard InChI is InChI=1S/C6H8O6/c1-3(6(10)11)12-5(9)2-4(7)8/h3H,2H2,1H3,(H,7,8)(H,10,11). The molecule has 0 fully saturated rings. The van der Waals surface area contributed by atoms with Crippen LogP contribution in [0, 0.1) is 0 Å². The zero-order valence-electron chi connectivity index (χ0n) is 6.31. The fourth-order valence-electron chi connectivity index (χ4n) is 0.413. The van der Waals surface area contributed by atoms with E-state index in [0.29, 0.717) is 0 Å². The summed E-state index contributed by atoms with van der Waals surface area (Å²) in [6.45, 7) is 1.14. The lowest BCUT2D eigenvalue weighted by molar-refractivity contribution is -0.165. The first-order valence-electron chi connectivity index (χ1n) is 3.07. The van der Waals surface area contributed by atoms with Crippen LogP contribution >= 0.6 is 0 Å². The molecule has 2 N–H and O–H groups in total. The van der Waals surface area contributed by atoms with Crippen LogP contribution in [0.25, 0.3) is 0 Å². The van der Waals surface area contributed by atoms with Gasteiger partial charge in [-0.05, 0) is 6.92 Å². The lowest BCUT2D eigenvalue weighted by Crippen LogP contribution is -2.24. The average Bonchev–Trinajstić information content (AvgIpc) is 1.84. The van der Waals surface area contributed by atoms with Gasteiger partial charge < -0.3 is 14.9 Å². The highest BCUT2D eigenvalue weighted by atomic mass is 16.6. The third-order valence-corrected chi connectivity index (χ3v) is 0.952. The van der Waals surface area contributed by atoms with E-state index >= 15 is 0 Å². The second-order valence-electron chi connectivity index (χ2n) is 2.04. The largest absolute Gasteiger partial charge is 0.481 e. The van der Waals surface area contributed by atoms with Crippen LogP contribution in [0.2, 0.25) is 0 Å². The number of carbonyl (C=O) groups is 3. The molecule has 0 amide bonds. The van der Waals surface area contributed by atoms with E-state index in [9.17, 15) is 14.4 Å². The second kappa shape index (κ2) is 4.32. The maximum Gasteiger partial charge on any atom is 0.344 e. The molecule has 1 unspecified atom stereocenters. The molecule has 0 bridgehead atoms. The fraction of sp³-hybridized carbons (Fsp3) is 0.500. The van der Waals surface area contributed by atoms with Crippen molar-refractivity contribution in [1.29, 1.82) is 0 Å². The highest BCUT2D eigenvalue weighted by Crippen LogP contribution is 1.94. The SMILES string of the molecule is CC(OC(=O)CC(=O)O)C(=O)O. The van der Waals surface area contributed by atoms with E-state index in [0.717, 1.165) is 6.92 Å². The molecule has 0 heterocycles. The number of esters is 1. The van der Waals surface area contributed by atoms with Gasteiger partial charge >= 0.3 is 17.9 Å². The minimum absolute atomic E-state index is 0.822. The van der Waals surface area contributed by atoms with Crippen LogP contribution in [0.15, 0.2) is 0 Å². The summed E-state index contributed by atoms with van der Waals surface area (Å²) in [5, 5.41) is 16.3. The monoisotopic (exact) mass is 176 g/mol. The Morgan fingerprint density at radius 2 is 1.83 bits per heavy atom. The first-order valence-corrected chi connectivity index (χ1v) is 3.07. The van der Waals surface area contributed by atoms with Gasteiger partial charge in [-0.15, -0.1) is 0 Å². The molecule has 0 aliphatic rings. The zero-order chi connectivity index (χ0) is 9.72. The van der Waals surface area contributed by atoms with Crippen molar-refractivity contribution in [3.8, 4) is 0 Å². The molecule has 0 aromatic rings. The van der Waals surface area contributed by atoms with Crippen LogP contribution in [0.5, 0.6) is 0 Å². The highest BCUT2D eigenvalue weighted by Gasteiger charge is 2.17. The van der Waals surface area contributed by atoms with Gasteiger partial charge in [-0.25, -0.2) is 4.79 Å². The van der Waals surface area contributed by atoms with Gasteiger partial charge in [0.1, 0.15) is 6.42 Å². The maximum atomic E-state index is 10.5. The number of hydrogen-bond acceptors (Lipinski definition) is 4. The van der Waals surface area contributed by atoms with E-state index in [2.05, 4.69) is 4.74 Å². The lowest BCUT2D eigenvalue weighted by Gasteiger charge is -2.06. The summed E-state index contributed by atoms with van der Waals surface area (Å²) in [6.07, 6.45) is -2.13. The van der Waals surface area contributed by atoms with Gasteiger partial charge in [-0.2, -0.15) is 0 Å². The summed E-state index contributed by atoms with van der Waals surface area (Å²) in [5.41, 5.74) is 0. The number of rotatable bonds is 4. The summed E-state index contributed by atoms with van der Waals surface area (Å²) in [7, 11) is 0. The predicted octanol–water partition coefficient (Wildman–Crippen LogP) is -0.523. The van der Waals surface area contributed by atoms with Crippen molar-refractivity contribution in [3.05, 3.63) is 0 Å². The molecule has 0 saturated heterocycles. The normalized spacial score (nSPS) is 11.8. The Morgan fingerprint density at radius 1 is 1.33 bits per heavy atom. The van der Waals surface area contributed by atoms with Crippen molar-refractivity contribution in [3.63, 3.8) is 0 Å². The van der Waals surface area contributed by atoms with Crippen molar-refractivity contribution in [2.24, 2.45) is 0 Å². The Bertz CT molecular complexity index is 208. The fourth-order valence-corrected chi connectivity index (χ4v) is 0.413. The summed E-state index contributed by atoms with van der Waals surface area (Å²) < 4.78 is 4.20. The molecule has 0 aromatic carbocycles. The lowest BCUT2D eigenvalue weighted by atomic mass is 10.4. The Balaban J connectivity index is 3.85. The predicted molar refractivity (Wildman–Crippen MR) is 35.4 cm³/mol. The van der Waals surface area contributed by atoms with E-state index in [1.54, 1.807) is 0 Å². The van der Waals surface area contributed by atoms with Gasteiger partial charge in [-0.3, -0.25) is 9.59 Å². The van der Waals surface area contributed by atoms with E-state index in [-0.39, 0.29) is 0 Å². The molecular weight excluding hydrogens is 168 g/mol. The highest BCUT2D eigenvalue weighted by molar-refractivity contribution is 5.91. The molecule has 0 aromatic heterocycles. The van der Waals surface area contributed by atoms with Gasteiger partial charge in [0.25, 0.3) is 0 Å².